The van der Waals surface area contributed by atoms with Crippen molar-refractivity contribution in [2.75, 3.05) is 0 Å². The van der Waals surface area contributed by atoms with Gasteiger partial charge < -0.3 is 10.4 Å². The van der Waals surface area contributed by atoms with Crippen LogP contribution in [0, 0.1) is 0 Å². The fourth-order valence-corrected chi connectivity index (χ4v) is 0.713. The monoisotopic (exact) mass is 173 g/mol. The Kier molecular flexibility index (Phi) is 5.08. The first-order chi connectivity index (χ1) is 5.57. The Morgan fingerprint density at radius 3 is 2.50 bits per heavy atom. The van der Waals surface area contributed by atoms with E-state index in [9.17, 15) is 9.59 Å². The quantitative estimate of drug-likeness (QED) is 0.645. The molecule has 70 valence electrons. The average molecular weight is 173 g/mol. The lowest BCUT2D eigenvalue weighted by molar-refractivity contribution is -0.141. The topological polar surface area (TPSA) is 66.4 Å². The summed E-state index contributed by atoms with van der Waals surface area (Å²) in [6, 6.07) is -0.783. The number of carboxylic acids is 1. The summed E-state index contributed by atoms with van der Waals surface area (Å²) >= 11 is 0. The highest BCUT2D eigenvalue weighted by molar-refractivity contribution is 5.83. The molecular formula is C8H15NO3. The molecule has 0 spiro atoms. The minimum absolute atomic E-state index is 0.188. The number of carbonyl (C=O) groups excluding carboxylic acids is 1. The molecule has 0 aliphatic carbocycles. The van der Waals surface area contributed by atoms with E-state index in [4.69, 9.17) is 5.11 Å². The first-order valence-corrected chi connectivity index (χ1v) is 4.10. The lowest BCUT2D eigenvalue weighted by Gasteiger charge is -2.07. The number of rotatable bonds is 5. The number of hydrogen-bond acceptors (Lipinski definition) is 2. The van der Waals surface area contributed by atoms with Crippen LogP contribution in [0.1, 0.15) is 33.1 Å². The lowest BCUT2D eigenvalue weighted by atomic mass is 10.2. The van der Waals surface area contributed by atoms with Gasteiger partial charge in [-0.05, 0) is 13.3 Å². The van der Waals surface area contributed by atoms with Crippen molar-refractivity contribution in [1.29, 1.82) is 0 Å². The Balaban J connectivity index is 3.61. The maximum atomic E-state index is 10.9. The van der Waals surface area contributed by atoms with Crippen molar-refractivity contribution in [1.82, 2.24) is 5.32 Å². The van der Waals surface area contributed by atoms with E-state index in [1.54, 1.807) is 0 Å². The Bertz CT molecular complexity index is 168. The molecular weight excluding hydrogens is 158 g/mol. The Morgan fingerprint density at radius 1 is 1.50 bits per heavy atom. The van der Waals surface area contributed by atoms with E-state index >= 15 is 0 Å². The highest BCUT2D eigenvalue weighted by atomic mass is 16.4. The smallest absolute Gasteiger partial charge is 0.325 e. The van der Waals surface area contributed by atoms with E-state index in [2.05, 4.69) is 5.32 Å². The molecule has 0 heterocycles. The number of hydrogen-bond donors (Lipinski definition) is 2. The lowest BCUT2D eigenvalue weighted by Crippen LogP contribution is -2.38. The maximum absolute atomic E-state index is 10.9. The van der Waals surface area contributed by atoms with Crippen LogP contribution in [0.15, 0.2) is 0 Å². The molecule has 4 heteroatoms. The van der Waals surface area contributed by atoms with Gasteiger partial charge in [0.2, 0.25) is 5.91 Å². The summed E-state index contributed by atoms with van der Waals surface area (Å²) in [5.41, 5.74) is 0. The largest absolute Gasteiger partial charge is 0.480 e. The molecule has 0 aliphatic rings. The fourth-order valence-electron chi connectivity index (χ4n) is 0.713. The van der Waals surface area contributed by atoms with Crippen molar-refractivity contribution in [3.8, 4) is 0 Å². The van der Waals surface area contributed by atoms with Gasteiger partial charge in [-0.15, -0.1) is 0 Å². The van der Waals surface area contributed by atoms with Gasteiger partial charge in [0.05, 0.1) is 0 Å². The molecule has 1 amide bonds. The first-order valence-electron chi connectivity index (χ1n) is 4.10. The normalized spacial score (nSPS) is 12.2. The number of aliphatic carboxylic acids is 1. The molecule has 12 heavy (non-hydrogen) atoms. The van der Waals surface area contributed by atoms with Gasteiger partial charge in [-0.3, -0.25) is 9.59 Å². The van der Waals surface area contributed by atoms with Crippen LogP contribution in [-0.2, 0) is 9.59 Å². The second-order valence-electron chi connectivity index (χ2n) is 2.73. The standard InChI is InChI=1S/C8H15NO3/c1-3-4-5-7(10)9-6(2)8(11)12/h6H,3-5H2,1-2H3,(H,9,10)(H,11,12). The third-order valence-corrected chi connectivity index (χ3v) is 1.51. The van der Waals surface area contributed by atoms with Gasteiger partial charge in [0.25, 0.3) is 0 Å². The highest BCUT2D eigenvalue weighted by Gasteiger charge is 2.12. The van der Waals surface area contributed by atoms with Crippen LogP contribution in [0.25, 0.3) is 0 Å². The predicted molar refractivity (Wildman–Crippen MR) is 44.8 cm³/mol. The Morgan fingerprint density at radius 2 is 2.08 bits per heavy atom. The molecule has 0 bridgehead atoms. The van der Waals surface area contributed by atoms with Gasteiger partial charge in [0.15, 0.2) is 0 Å². The van der Waals surface area contributed by atoms with E-state index in [0.29, 0.717) is 6.42 Å². The molecule has 1 atom stereocenters. The predicted octanol–water partition coefficient (Wildman–Crippen LogP) is 0.766. The zero-order valence-electron chi connectivity index (χ0n) is 7.46. The van der Waals surface area contributed by atoms with Gasteiger partial charge >= 0.3 is 5.97 Å². The number of amides is 1. The van der Waals surface area contributed by atoms with Crippen molar-refractivity contribution in [2.24, 2.45) is 0 Å². The SMILES string of the molecule is CCCCC(=O)NC(C)C(=O)O. The third kappa shape index (κ3) is 4.71. The molecule has 0 aromatic carbocycles. The first kappa shape index (κ1) is 10.9. The van der Waals surface area contributed by atoms with E-state index in [0.717, 1.165) is 12.8 Å². The molecule has 0 aliphatic heterocycles. The van der Waals surface area contributed by atoms with Crippen LogP contribution in [0.2, 0.25) is 0 Å². The number of unbranched alkanes of at least 4 members (excludes halogenated alkanes) is 1. The van der Waals surface area contributed by atoms with Crippen molar-refractivity contribution < 1.29 is 14.7 Å². The van der Waals surface area contributed by atoms with Crippen molar-refractivity contribution in [3.63, 3.8) is 0 Å². The molecule has 0 saturated heterocycles. The number of nitrogens with one attached hydrogen (secondary N) is 1. The Labute approximate surface area is 72.0 Å². The van der Waals surface area contributed by atoms with Crippen LogP contribution < -0.4 is 5.32 Å². The molecule has 2 N–H and O–H groups in total. The average Bonchev–Trinajstić information content (AvgIpc) is 2.00. The van der Waals surface area contributed by atoms with E-state index in [1.807, 2.05) is 6.92 Å². The molecule has 0 aromatic heterocycles. The number of carboxylic acid groups (broad SMARTS) is 1. The summed E-state index contributed by atoms with van der Waals surface area (Å²) in [5.74, 6) is -1.19. The van der Waals surface area contributed by atoms with E-state index in [1.165, 1.54) is 6.92 Å². The van der Waals surface area contributed by atoms with Crippen molar-refractivity contribution >= 4 is 11.9 Å². The zero-order valence-corrected chi connectivity index (χ0v) is 7.46. The number of carbonyl (C=O) groups is 2. The molecule has 0 saturated carbocycles. The molecule has 0 rings (SSSR count). The Hall–Kier alpha value is -1.06. The van der Waals surface area contributed by atoms with Gasteiger partial charge in [0, 0.05) is 6.42 Å². The fraction of sp³-hybridized carbons (Fsp3) is 0.750. The molecule has 4 nitrogen and oxygen atoms in total. The second-order valence-corrected chi connectivity index (χ2v) is 2.73. The summed E-state index contributed by atoms with van der Waals surface area (Å²) in [6.45, 7) is 3.43. The van der Waals surface area contributed by atoms with Gasteiger partial charge in [-0.2, -0.15) is 0 Å². The van der Waals surface area contributed by atoms with Crippen LogP contribution in [0.4, 0.5) is 0 Å². The van der Waals surface area contributed by atoms with Gasteiger partial charge in [0.1, 0.15) is 6.04 Å². The summed E-state index contributed by atoms with van der Waals surface area (Å²) in [6.07, 6.45) is 2.15. The summed E-state index contributed by atoms with van der Waals surface area (Å²) < 4.78 is 0. The van der Waals surface area contributed by atoms with E-state index < -0.39 is 12.0 Å². The van der Waals surface area contributed by atoms with Crippen molar-refractivity contribution in [3.05, 3.63) is 0 Å². The van der Waals surface area contributed by atoms with Gasteiger partial charge in [-0.25, -0.2) is 0 Å². The van der Waals surface area contributed by atoms with Crippen LogP contribution >= 0.6 is 0 Å². The van der Waals surface area contributed by atoms with Crippen molar-refractivity contribution in [2.45, 2.75) is 39.2 Å². The highest BCUT2D eigenvalue weighted by Crippen LogP contribution is 1.94. The molecule has 0 radical (unpaired) electrons. The maximum Gasteiger partial charge on any atom is 0.325 e. The third-order valence-electron chi connectivity index (χ3n) is 1.51. The zero-order chi connectivity index (χ0) is 9.56. The van der Waals surface area contributed by atoms with Crippen LogP contribution in [-0.4, -0.2) is 23.0 Å². The van der Waals surface area contributed by atoms with E-state index in [-0.39, 0.29) is 5.91 Å². The minimum Gasteiger partial charge on any atom is -0.480 e. The second kappa shape index (κ2) is 5.57. The van der Waals surface area contributed by atoms with Crippen LogP contribution in [0.5, 0.6) is 0 Å². The van der Waals surface area contributed by atoms with Crippen LogP contribution in [0.3, 0.4) is 0 Å². The molecule has 1 unspecified atom stereocenters. The summed E-state index contributed by atoms with van der Waals surface area (Å²) in [5, 5.41) is 10.8. The summed E-state index contributed by atoms with van der Waals surface area (Å²) in [4.78, 5) is 21.2. The minimum atomic E-state index is -1.00. The summed E-state index contributed by atoms with van der Waals surface area (Å²) in [7, 11) is 0. The molecule has 0 fully saturated rings. The van der Waals surface area contributed by atoms with Gasteiger partial charge in [-0.1, -0.05) is 13.3 Å². The molecule has 0 aromatic rings.